The maximum Gasteiger partial charge on any atom is 0.249 e. The van der Waals surface area contributed by atoms with E-state index in [0.29, 0.717) is 39.1 Å². The molecule has 0 bridgehead atoms. The van der Waals surface area contributed by atoms with E-state index in [9.17, 15) is 9.59 Å². The van der Waals surface area contributed by atoms with E-state index in [0.717, 1.165) is 16.7 Å². The first-order valence-corrected chi connectivity index (χ1v) is 12.2. The molecule has 3 aromatic rings. The third kappa shape index (κ3) is 5.14. The third-order valence-corrected chi connectivity index (χ3v) is 6.84. The van der Waals surface area contributed by atoms with Gasteiger partial charge in [-0.25, -0.2) is 0 Å². The molecular formula is C29H30N2O4. The summed E-state index contributed by atoms with van der Waals surface area (Å²) in [7, 11) is 0. The summed E-state index contributed by atoms with van der Waals surface area (Å²) in [6.45, 7) is 2.24. The smallest absolute Gasteiger partial charge is 0.249 e. The van der Waals surface area contributed by atoms with Crippen molar-refractivity contribution in [3.8, 4) is 0 Å². The Morgan fingerprint density at radius 2 is 1.17 bits per heavy atom. The van der Waals surface area contributed by atoms with Gasteiger partial charge in [0.15, 0.2) is 5.79 Å². The zero-order chi connectivity index (χ0) is 24.1. The fourth-order valence-electron chi connectivity index (χ4n) is 4.98. The highest BCUT2D eigenvalue weighted by atomic mass is 16.7. The average Bonchev–Trinajstić information content (AvgIpc) is 3.37. The highest BCUT2D eigenvalue weighted by Gasteiger charge is 2.42. The van der Waals surface area contributed by atoms with Crippen molar-refractivity contribution in [2.45, 2.75) is 30.6 Å². The fourth-order valence-corrected chi connectivity index (χ4v) is 4.98. The van der Waals surface area contributed by atoms with Gasteiger partial charge in [-0.3, -0.25) is 9.59 Å². The van der Waals surface area contributed by atoms with Crippen molar-refractivity contribution in [2.24, 2.45) is 0 Å². The molecule has 2 aliphatic heterocycles. The van der Waals surface area contributed by atoms with Gasteiger partial charge in [0.2, 0.25) is 11.8 Å². The number of hydrogen-bond acceptors (Lipinski definition) is 4. The van der Waals surface area contributed by atoms with E-state index in [-0.39, 0.29) is 11.8 Å². The largest absolute Gasteiger partial charge is 0.347 e. The van der Waals surface area contributed by atoms with Gasteiger partial charge in [-0.1, -0.05) is 91.0 Å². The maximum atomic E-state index is 13.8. The molecule has 0 saturated carbocycles. The van der Waals surface area contributed by atoms with E-state index in [4.69, 9.17) is 9.47 Å². The number of carbonyl (C=O) groups excluding carboxylic acids is 2. The molecule has 2 fully saturated rings. The molecule has 0 unspecified atom stereocenters. The Hall–Kier alpha value is -3.48. The van der Waals surface area contributed by atoms with Crippen molar-refractivity contribution in [2.75, 3.05) is 26.3 Å². The van der Waals surface area contributed by atoms with Crippen LogP contribution < -0.4 is 5.32 Å². The lowest BCUT2D eigenvalue weighted by Crippen LogP contribution is -2.51. The summed E-state index contributed by atoms with van der Waals surface area (Å²) in [5.41, 5.74) is 2.52. The molecular weight excluding hydrogens is 440 g/mol. The predicted molar refractivity (Wildman–Crippen MR) is 133 cm³/mol. The zero-order valence-electron chi connectivity index (χ0n) is 19.6. The normalized spacial score (nSPS) is 17.9. The van der Waals surface area contributed by atoms with Gasteiger partial charge >= 0.3 is 0 Å². The number of amides is 2. The number of benzene rings is 3. The van der Waals surface area contributed by atoms with E-state index in [2.05, 4.69) is 5.32 Å². The van der Waals surface area contributed by atoms with Gasteiger partial charge in [-0.05, 0) is 16.7 Å². The number of nitrogens with zero attached hydrogens (tertiary/aromatic N) is 1. The number of hydrogen-bond donors (Lipinski definition) is 1. The monoisotopic (exact) mass is 470 g/mol. The van der Waals surface area contributed by atoms with Crippen LogP contribution in [0.4, 0.5) is 0 Å². The van der Waals surface area contributed by atoms with E-state index >= 15 is 0 Å². The van der Waals surface area contributed by atoms with Crippen LogP contribution in [0, 0.1) is 0 Å². The molecule has 2 aliphatic rings. The molecule has 6 heteroatoms. The van der Waals surface area contributed by atoms with Crippen LogP contribution in [0.3, 0.4) is 0 Å². The second-order valence-electron chi connectivity index (χ2n) is 9.04. The molecule has 6 nitrogen and oxygen atoms in total. The van der Waals surface area contributed by atoms with Gasteiger partial charge in [0.05, 0.1) is 19.1 Å². The third-order valence-electron chi connectivity index (χ3n) is 6.84. The SMILES string of the molecule is O=C(N[C@H](C(=O)N1CCC2(CC1)OCCO2)c1ccccc1)C(c1ccccc1)c1ccccc1. The molecule has 180 valence electrons. The minimum absolute atomic E-state index is 0.114. The summed E-state index contributed by atoms with van der Waals surface area (Å²) < 4.78 is 11.6. The molecule has 3 aromatic carbocycles. The van der Waals surface area contributed by atoms with Gasteiger partial charge in [0, 0.05) is 25.9 Å². The Balaban J connectivity index is 1.40. The number of rotatable bonds is 6. The molecule has 0 radical (unpaired) electrons. The molecule has 1 spiro atoms. The lowest BCUT2D eigenvalue weighted by Gasteiger charge is -2.39. The van der Waals surface area contributed by atoms with Crippen molar-refractivity contribution >= 4 is 11.8 Å². The zero-order valence-corrected chi connectivity index (χ0v) is 19.6. The average molecular weight is 471 g/mol. The van der Waals surface area contributed by atoms with Crippen LogP contribution in [-0.2, 0) is 19.1 Å². The first-order chi connectivity index (χ1) is 17.2. The van der Waals surface area contributed by atoms with Crippen molar-refractivity contribution < 1.29 is 19.1 Å². The molecule has 35 heavy (non-hydrogen) atoms. The van der Waals surface area contributed by atoms with Crippen LogP contribution in [0.5, 0.6) is 0 Å². The summed E-state index contributed by atoms with van der Waals surface area (Å²) in [4.78, 5) is 29.4. The van der Waals surface area contributed by atoms with Crippen LogP contribution >= 0.6 is 0 Å². The van der Waals surface area contributed by atoms with Gasteiger partial charge in [0.1, 0.15) is 6.04 Å². The van der Waals surface area contributed by atoms with Gasteiger partial charge in [0.25, 0.3) is 0 Å². The summed E-state index contributed by atoms with van der Waals surface area (Å²) in [6.07, 6.45) is 1.26. The molecule has 2 heterocycles. The Morgan fingerprint density at radius 1 is 0.714 bits per heavy atom. The Morgan fingerprint density at radius 3 is 1.66 bits per heavy atom. The van der Waals surface area contributed by atoms with Gasteiger partial charge in [-0.2, -0.15) is 0 Å². The minimum atomic E-state index is -0.780. The maximum absolute atomic E-state index is 13.8. The van der Waals surface area contributed by atoms with Crippen LogP contribution in [0.2, 0.25) is 0 Å². The van der Waals surface area contributed by atoms with Crippen LogP contribution in [0.15, 0.2) is 91.0 Å². The predicted octanol–water partition coefficient (Wildman–Crippen LogP) is 4.04. The summed E-state index contributed by atoms with van der Waals surface area (Å²) in [6, 6.07) is 28.0. The summed E-state index contributed by atoms with van der Waals surface area (Å²) in [5, 5.41) is 3.10. The number of carbonyl (C=O) groups is 2. The first kappa shape index (κ1) is 23.3. The molecule has 0 aliphatic carbocycles. The molecule has 1 N–H and O–H groups in total. The van der Waals surface area contributed by atoms with Crippen molar-refractivity contribution in [1.29, 1.82) is 0 Å². The lowest BCUT2D eigenvalue weighted by molar-refractivity contribution is -0.188. The number of ether oxygens (including phenoxy) is 2. The van der Waals surface area contributed by atoms with E-state index in [1.54, 1.807) is 0 Å². The molecule has 2 saturated heterocycles. The van der Waals surface area contributed by atoms with Crippen LogP contribution in [-0.4, -0.2) is 48.8 Å². The van der Waals surface area contributed by atoms with E-state index in [1.165, 1.54) is 0 Å². The number of piperidine rings is 1. The Bertz CT molecular complexity index is 1080. The topological polar surface area (TPSA) is 67.9 Å². The second kappa shape index (κ2) is 10.4. The van der Waals surface area contributed by atoms with Gasteiger partial charge in [-0.15, -0.1) is 0 Å². The highest BCUT2D eigenvalue weighted by molar-refractivity contribution is 5.93. The summed E-state index contributed by atoms with van der Waals surface area (Å²) >= 11 is 0. The van der Waals surface area contributed by atoms with Gasteiger partial charge < -0.3 is 19.7 Å². The van der Waals surface area contributed by atoms with E-state index < -0.39 is 17.7 Å². The second-order valence-corrected chi connectivity index (χ2v) is 9.04. The summed E-state index contributed by atoms with van der Waals surface area (Å²) in [5.74, 6) is -1.41. The lowest BCUT2D eigenvalue weighted by atomic mass is 9.90. The number of nitrogens with one attached hydrogen (secondary N) is 1. The Kier molecular flexibility index (Phi) is 6.93. The standard InChI is InChI=1S/C29H30N2O4/c32-27(25(22-10-4-1-5-11-22)23-12-6-2-7-13-23)30-26(24-14-8-3-9-15-24)28(33)31-18-16-29(17-19-31)34-20-21-35-29/h1-15,25-26H,16-21H2,(H,30,32)/t26-/m0/s1. The van der Waals surface area contributed by atoms with Crippen LogP contribution in [0.25, 0.3) is 0 Å². The molecule has 0 aromatic heterocycles. The van der Waals surface area contributed by atoms with Crippen LogP contribution in [0.1, 0.15) is 41.5 Å². The van der Waals surface area contributed by atoms with Crippen molar-refractivity contribution in [3.05, 3.63) is 108 Å². The van der Waals surface area contributed by atoms with E-state index in [1.807, 2.05) is 95.9 Å². The minimum Gasteiger partial charge on any atom is -0.347 e. The molecule has 2 amide bonds. The first-order valence-electron chi connectivity index (χ1n) is 12.2. The highest BCUT2D eigenvalue weighted by Crippen LogP contribution is 2.33. The molecule has 5 rings (SSSR count). The molecule has 1 atom stereocenters. The Labute approximate surface area is 205 Å². The quantitative estimate of drug-likeness (QED) is 0.591. The van der Waals surface area contributed by atoms with Crippen molar-refractivity contribution in [1.82, 2.24) is 10.2 Å². The fraction of sp³-hybridized carbons (Fsp3) is 0.310. The number of likely N-dealkylation sites (tertiary alicyclic amines) is 1. The van der Waals surface area contributed by atoms with Crippen molar-refractivity contribution in [3.63, 3.8) is 0 Å².